The summed E-state index contributed by atoms with van der Waals surface area (Å²) >= 11 is 3.51. The second-order valence-electron chi connectivity index (χ2n) is 4.40. The Morgan fingerprint density at radius 1 is 1.40 bits per heavy atom. The Labute approximate surface area is 97.4 Å². The predicted molar refractivity (Wildman–Crippen MR) is 61.6 cm³/mol. The maximum Gasteiger partial charge on any atom is 0.254 e. The van der Waals surface area contributed by atoms with Gasteiger partial charge in [0.15, 0.2) is 0 Å². The molecule has 1 aliphatic heterocycles. The molecule has 0 bridgehead atoms. The van der Waals surface area contributed by atoms with Crippen molar-refractivity contribution in [3.8, 4) is 0 Å². The molecule has 1 aromatic carbocycles. The molecule has 0 radical (unpaired) electrons. The van der Waals surface area contributed by atoms with E-state index in [9.17, 15) is 4.79 Å². The zero-order chi connectivity index (χ0) is 10.4. The van der Waals surface area contributed by atoms with Crippen molar-refractivity contribution in [2.24, 2.45) is 5.92 Å². The highest BCUT2D eigenvalue weighted by atomic mass is 79.9. The van der Waals surface area contributed by atoms with Crippen LogP contribution in [0.4, 0.5) is 0 Å². The van der Waals surface area contributed by atoms with E-state index >= 15 is 0 Å². The molecule has 0 atom stereocenters. The Hall–Kier alpha value is -0.830. The molecule has 1 aliphatic carbocycles. The molecule has 3 heteroatoms. The highest BCUT2D eigenvalue weighted by Gasteiger charge is 2.33. The summed E-state index contributed by atoms with van der Waals surface area (Å²) in [6.07, 6.45) is 2.59. The minimum absolute atomic E-state index is 0.207. The van der Waals surface area contributed by atoms with Gasteiger partial charge >= 0.3 is 0 Å². The van der Waals surface area contributed by atoms with Crippen molar-refractivity contribution in [3.63, 3.8) is 0 Å². The maximum atomic E-state index is 12.0. The highest BCUT2D eigenvalue weighted by molar-refractivity contribution is 9.10. The van der Waals surface area contributed by atoms with Crippen molar-refractivity contribution in [1.82, 2.24) is 4.90 Å². The van der Waals surface area contributed by atoms with Crippen LogP contribution < -0.4 is 0 Å². The van der Waals surface area contributed by atoms with Gasteiger partial charge in [-0.2, -0.15) is 0 Å². The Balaban J connectivity index is 1.90. The summed E-state index contributed by atoms with van der Waals surface area (Å²) < 4.78 is 1.06. The molecule has 1 heterocycles. The number of nitrogens with zero attached hydrogens (tertiary/aromatic N) is 1. The lowest BCUT2D eigenvalue weighted by Crippen LogP contribution is -2.26. The molecule has 3 rings (SSSR count). The first-order valence-electron chi connectivity index (χ1n) is 5.32. The molecular weight excluding hydrogens is 254 g/mol. The number of hydrogen-bond donors (Lipinski definition) is 0. The van der Waals surface area contributed by atoms with E-state index in [0.717, 1.165) is 34.6 Å². The van der Waals surface area contributed by atoms with Gasteiger partial charge in [0, 0.05) is 23.1 Å². The van der Waals surface area contributed by atoms with E-state index in [1.54, 1.807) is 0 Å². The average Bonchev–Trinajstić information content (AvgIpc) is 2.97. The minimum Gasteiger partial charge on any atom is -0.334 e. The van der Waals surface area contributed by atoms with Crippen LogP contribution in [0.15, 0.2) is 22.7 Å². The summed E-state index contributed by atoms with van der Waals surface area (Å²) in [6.45, 7) is 1.73. The van der Waals surface area contributed by atoms with Gasteiger partial charge in [0.1, 0.15) is 0 Å². The first kappa shape index (κ1) is 9.40. The molecular formula is C12H12BrNO. The fourth-order valence-corrected chi connectivity index (χ4v) is 2.60. The standard InChI is InChI=1S/C12H12BrNO/c13-11-3-1-2-9-10(11)7-14(12(9)15)6-8-4-5-8/h1-3,8H,4-7H2. The van der Waals surface area contributed by atoms with Gasteiger partial charge in [-0.15, -0.1) is 0 Å². The predicted octanol–water partition coefficient (Wildman–Crippen LogP) is 2.81. The Kier molecular flexibility index (Phi) is 2.09. The molecule has 2 nitrogen and oxygen atoms in total. The summed E-state index contributed by atoms with van der Waals surface area (Å²) in [5.74, 6) is 0.972. The van der Waals surface area contributed by atoms with Gasteiger partial charge in [-0.25, -0.2) is 0 Å². The van der Waals surface area contributed by atoms with Crippen LogP contribution >= 0.6 is 15.9 Å². The normalized spacial score (nSPS) is 19.5. The minimum atomic E-state index is 0.207. The molecule has 2 aliphatic rings. The van der Waals surface area contributed by atoms with Crippen LogP contribution in [-0.2, 0) is 6.54 Å². The molecule has 0 saturated heterocycles. The van der Waals surface area contributed by atoms with E-state index in [4.69, 9.17) is 0 Å². The lowest BCUT2D eigenvalue weighted by molar-refractivity contribution is 0.0771. The Bertz CT molecular complexity index is 426. The van der Waals surface area contributed by atoms with E-state index in [1.165, 1.54) is 12.8 Å². The van der Waals surface area contributed by atoms with Crippen LogP contribution in [0.2, 0.25) is 0 Å². The second kappa shape index (κ2) is 3.34. The third kappa shape index (κ3) is 1.59. The van der Waals surface area contributed by atoms with Gasteiger partial charge in [0.25, 0.3) is 5.91 Å². The number of carbonyl (C=O) groups is 1. The lowest BCUT2D eigenvalue weighted by Gasteiger charge is -2.14. The van der Waals surface area contributed by atoms with E-state index in [0.29, 0.717) is 0 Å². The zero-order valence-corrected chi connectivity index (χ0v) is 9.96. The van der Waals surface area contributed by atoms with Crippen molar-refractivity contribution in [2.45, 2.75) is 19.4 Å². The van der Waals surface area contributed by atoms with Gasteiger partial charge in [-0.3, -0.25) is 4.79 Å². The van der Waals surface area contributed by atoms with Crippen molar-refractivity contribution in [1.29, 1.82) is 0 Å². The van der Waals surface area contributed by atoms with Crippen LogP contribution in [0.25, 0.3) is 0 Å². The number of carbonyl (C=O) groups excluding carboxylic acids is 1. The Morgan fingerprint density at radius 2 is 2.20 bits per heavy atom. The third-order valence-electron chi connectivity index (χ3n) is 3.16. The molecule has 1 amide bonds. The summed E-state index contributed by atoms with van der Waals surface area (Å²) in [6, 6.07) is 5.86. The second-order valence-corrected chi connectivity index (χ2v) is 5.25. The number of halogens is 1. The SMILES string of the molecule is O=C1c2cccc(Br)c2CN1CC1CC1. The molecule has 78 valence electrons. The molecule has 0 spiro atoms. The van der Waals surface area contributed by atoms with Gasteiger partial charge in [-0.1, -0.05) is 22.0 Å². The highest BCUT2D eigenvalue weighted by Crippen LogP contribution is 2.34. The molecule has 0 unspecified atom stereocenters. The smallest absolute Gasteiger partial charge is 0.254 e. The summed E-state index contributed by atoms with van der Waals surface area (Å²) in [5.41, 5.74) is 2.04. The zero-order valence-electron chi connectivity index (χ0n) is 8.37. The molecule has 0 aromatic heterocycles. The molecule has 1 fully saturated rings. The van der Waals surface area contributed by atoms with Gasteiger partial charge in [0.05, 0.1) is 0 Å². The number of hydrogen-bond acceptors (Lipinski definition) is 1. The maximum absolute atomic E-state index is 12.0. The molecule has 0 N–H and O–H groups in total. The van der Waals surface area contributed by atoms with Crippen molar-refractivity contribution in [3.05, 3.63) is 33.8 Å². The van der Waals surface area contributed by atoms with Gasteiger partial charge in [-0.05, 0) is 36.5 Å². The summed E-state index contributed by atoms with van der Waals surface area (Å²) in [5, 5.41) is 0. The number of fused-ring (bicyclic) bond motifs is 1. The fraction of sp³-hybridized carbons (Fsp3) is 0.417. The number of rotatable bonds is 2. The largest absolute Gasteiger partial charge is 0.334 e. The monoisotopic (exact) mass is 265 g/mol. The quantitative estimate of drug-likeness (QED) is 0.806. The first-order chi connectivity index (χ1) is 7.25. The third-order valence-corrected chi connectivity index (χ3v) is 3.90. The Morgan fingerprint density at radius 3 is 2.87 bits per heavy atom. The number of amides is 1. The van der Waals surface area contributed by atoms with Crippen LogP contribution in [0.1, 0.15) is 28.8 Å². The van der Waals surface area contributed by atoms with Crippen LogP contribution in [0, 0.1) is 5.92 Å². The van der Waals surface area contributed by atoms with E-state index in [1.807, 2.05) is 23.1 Å². The van der Waals surface area contributed by atoms with Crippen molar-refractivity contribution < 1.29 is 4.79 Å². The van der Waals surface area contributed by atoms with Gasteiger partial charge in [0.2, 0.25) is 0 Å². The van der Waals surface area contributed by atoms with Gasteiger partial charge < -0.3 is 4.90 Å². The van der Waals surface area contributed by atoms with Crippen LogP contribution in [0.3, 0.4) is 0 Å². The average molecular weight is 266 g/mol. The molecule has 15 heavy (non-hydrogen) atoms. The van der Waals surface area contributed by atoms with E-state index in [-0.39, 0.29) is 5.91 Å². The fourth-order valence-electron chi connectivity index (χ4n) is 2.11. The lowest BCUT2D eigenvalue weighted by atomic mass is 10.1. The number of benzene rings is 1. The molecule has 1 saturated carbocycles. The summed E-state index contributed by atoms with van der Waals surface area (Å²) in [7, 11) is 0. The summed E-state index contributed by atoms with van der Waals surface area (Å²) in [4.78, 5) is 14.0. The van der Waals surface area contributed by atoms with Crippen LogP contribution in [-0.4, -0.2) is 17.4 Å². The molecule has 1 aromatic rings. The van der Waals surface area contributed by atoms with Crippen molar-refractivity contribution in [2.75, 3.05) is 6.54 Å². The van der Waals surface area contributed by atoms with Crippen LogP contribution in [0.5, 0.6) is 0 Å². The first-order valence-corrected chi connectivity index (χ1v) is 6.11. The van der Waals surface area contributed by atoms with E-state index < -0.39 is 0 Å². The van der Waals surface area contributed by atoms with Crippen molar-refractivity contribution >= 4 is 21.8 Å². The van der Waals surface area contributed by atoms with E-state index in [2.05, 4.69) is 15.9 Å². The topological polar surface area (TPSA) is 20.3 Å².